The molecule has 6 heteroatoms. The number of nitrogens with one attached hydrogen (secondary N) is 2. The van der Waals surface area contributed by atoms with Crippen LogP contribution in [-0.2, 0) is 4.79 Å². The molecule has 0 saturated carbocycles. The number of urea groups is 1. The second-order valence-corrected chi connectivity index (χ2v) is 4.11. The van der Waals surface area contributed by atoms with E-state index < -0.39 is 12.0 Å². The Morgan fingerprint density at radius 2 is 2.07 bits per heavy atom. The van der Waals surface area contributed by atoms with Crippen molar-refractivity contribution in [1.29, 1.82) is 0 Å². The zero-order valence-electron chi connectivity index (χ0n) is 8.37. The molecule has 14 heavy (non-hydrogen) atoms. The second-order valence-electron chi connectivity index (χ2n) is 2.84. The van der Waals surface area contributed by atoms with E-state index in [4.69, 9.17) is 5.11 Å². The van der Waals surface area contributed by atoms with Crippen LogP contribution in [0.3, 0.4) is 0 Å². The van der Waals surface area contributed by atoms with Crippen molar-refractivity contribution in [3.63, 3.8) is 0 Å². The van der Waals surface area contributed by atoms with Crippen LogP contribution in [0.15, 0.2) is 0 Å². The van der Waals surface area contributed by atoms with E-state index in [1.807, 2.05) is 6.26 Å². The third kappa shape index (κ3) is 7.72. The molecule has 0 aromatic rings. The molecule has 0 heterocycles. The number of aliphatic carboxylic acids is 1. The van der Waals surface area contributed by atoms with Gasteiger partial charge >= 0.3 is 12.0 Å². The molecule has 1 atom stereocenters. The molecular formula is C8H16N2O3S. The Balaban J connectivity index is 3.40. The van der Waals surface area contributed by atoms with Gasteiger partial charge in [-0.25, -0.2) is 4.79 Å². The van der Waals surface area contributed by atoms with Crippen LogP contribution in [0.25, 0.3) is 0 Å². The lowest BCUT2D eigenvalue weighted by molar-refractivity contribution is -0.135. The van der Waals surface area contributed by atoms with Gasteiger partial charge in [0.15, 0.2) is 0 Å². The summed E-state index contributed by atoms with van der Waals surface area (Å²) in [7, 11) is 0. The summed E-state index contributed by atoms with van der Waals surface area (Å²) in [5.41, 5.74) is 0. The van der Waals surface area contributed by atoms with Gasteiger partial charge in [-0.3, -0.25) is 4.79 Å². The Morgan fingerprint density at radius 3 is 2.57 bits per heavy atom. The Morgan fingerprint density at radius 1 is 1.43 bits per heavy atom. The minimum atomic E-state index is -1.04. The maximum Gasteiger partial charge on any atom is 0.323 e. The number of hydrogen-bond acceptors (Lipinski definition) is 3. The Hall–Kier alpha value is -0.910. The molecule has 82 valence electrons. The van der Waals surface area contributed by atoms with Gasteiger partial charge in [0.1, 0.15) is 6.54 Å². The van der Waals surface area contributed by atoms with Crippen molar-refractivity contribution in [3.05, 3.63) is 0 Å². The summed E-state index contributed by atoms with van der Waals surface area (Å²) < 4.78 is 0. The molecule has 0 radical (unpaired) electrons. The molecule has 0 fully saturated rings. The maximum absolute atomic E-state index is 10.9. The topological polar surface area (TPSA) is 78.4 Å². The van der Waals surface area contributed by atoms with E-state index in [-0.39, 0.29) is 6.54 Å². The number of rotatable bonds is 6. The number of carbonyl (C=O) groups excluding carboxylic acids is 1. The largest absolute Gasteiger partial charge is 0.480 e. The minimum Gasteiger partial charge on any atom is -0.480 e. The van der Waals surface area contributed by atoms with Crippen LogP contribution in [0.2, 0.25) is 0 Å². The van der Waals surface area contributed by atoms with Crippen molar-refractivity contribution in [1.82, 2.24) is 10.6 Å². The number of amides is 2. The monoisotopic (exact) mass is 220 g/mol. The van der Waals surface area contributed by atoms with Crippen molar-refractivity contribution in [2.45, 2.75) is 18.6 Å². The molecule has 0 spiro atoms. The summed E-state index contributed by atoms with van der Waals surface area (Å²) in [5, 5.41) is 13.6. The number of hydrogen-bond donors (Lipinski definition) is 3. The first kappa shape index (κ1) is 13.1. The molecule has 0 aliphatic heterocycles. The highest BCUT2D eigenvalue weighted by Gasteiger charge is 2.03. The van der Waals surface area contributed by atoms with Gasteiger partial charge in [-0.1, -0.05) is 6.92 Å². The van der Waals surface area contributed by atoms with Gasteiger partial charge in [-0.15, -0.1) is 0 Å². The fourth-order valence-corrected chi connectivity index (χ4v) is 1.08. The Labute approximate surface area is 87.6 Å². The third-order valence-electron chi connectivity index (χ3n) is 1.64. The van der Waals surface area contributed by atoms with Gasteiger partial charge in [0.2, 0.25) is 0 Å². The zero-order chi connectivity index (χ0) is 11.0. The molecule has 0 aliphatic carbocycles. The van der Waals surface area contributed by atoms with Gasteiger partial charge < -0.3 is 15.7 Å². The molecule has 1 unspecified atom stereocenters. The number of carbonyl (C=O) groups is 2. The summed E-state index contributed by atoms with van der Waals surface area (Å²) in [6, 6.07) is -0.430. The highest BCUT2D eigenvalue weighted by atomic mass is 32.2. The van der Waals surface area contributed by atoms with Gasteiger partial charge in [-0.2, -0.15) is 11.8 Å². The molecule has 0 aromatic heterocycles. The van der Waals surface area contributed by atoms with E-state index in [0.717, 1.165) is 6.42 Å². The Kier molecular flexibility index (Phi) is 7.00. The molecule has 0 aromatic carbocycles. The van der Waals surface area contributed by atoms with Gasteiger partial charge in [0.05, 0.1) is 0 Å². The second kappa shape index (κ2) is 7.49. The van der Waals surface area contributed by atoms with E-state index in [0.29, 0.717) is 11.8 Å². The minimum absolute atomic E-state index is 0.343. The van der Waals surface area contributed by atoms with Crippen LogP contribution in [0, 0.1) is 0 Å². The lowest BCUT2D eigenvalue weighted by atomic mass is 10.3. The van der Waals surface area contributed by atoms with Crippen LogP contribution in [0.1, 0.15) is 13.3 Å². The summed E-state index contributed by atoms with van der Waals surface area (Å²) >= 11 is 1.73. The van der Waals surface area contributed by atoms with E-state index in [1.54, 1.807) is 11.8 Å². The maximum atomic E-state index is 10.9. The molecule has 0 saturated heterocycles. The fourth-order valence-electron chi connectivity index (χ4n) is 0.725. The summed E-state index contributed by atoms with van der Waals surface area (Å²) in [4.78, 5) is 21.0. The van der Waals surface area contributed by atoms with Gasteiger partial charge in [-0.05, 0) is 12.7 Å². The average molecular weight is 220 g/mol. The average Bonchev–Trinajstić information content (AvgIpc) is 2.14. The lowest BCUT2D eigenvalue weighted by Crippen LogP contribution is -2.39. The molecular weight excluding hydrogens is 204 g/mol. The summed E-state index contributed by atoms with van der Waals surface area (Å²) in [6.07, 6.45) is 2.89. The Bertz CT molecular complexity index is 199. The smallest absolute Gasteiger partial charge is 0.323 e. The van der Waals surface area contributed by atoms with E-state index in [1.165, 1.54) is 0 Å². The molecule has 0 aliphatic rings. The van der Waals surface area contributed by atoms with Crippen molar-refractivity contribution in [3.8, 4) is 0 Å². The molecule has 3 N–H and O–H groups in total. The number of thioether (sulfide) groups is 1. The molecule has 0 bridgehead atoms. The van der Waals surface area contributed by atoms with Crippen molar-refractivity contribution < 1.29 is 14.7 Å². The highest BCUT2D eigenvalue weighted by Crippen LogP contribution is 2.07. The first-order valence-electron chi connectivity index (χ1n) is 4.32. The van der Waals surface area contributed by atoms with Crippen LogP contribution >= 0.6 is 11.8 Å². The SMILES string of the molecule is CSC(C)CCNC(=O)NCC(=O)O. The van der Waals surface area contributed by atoms with Crippen LogP contribution in [-0.4, -0.2) is 41.7 Å². The predicted octanol–water partition coefficient (Wildman–Crippen LogP) is 0.512. The van der Waals surface area contributed by atoms with Crippen LogP contribution in [0.5, 0.6) is 0 Å². The summed E-state index contributed by atoms with van der Waals surface area (Å²) in [6.45, 7) is 2.29. The normalized spacial score (nSPS) is 11.9. The van der Waals surface area contributed by atoms with E-state index in [9.17, 15) is 9.59 Å². The number of carboxylic acid groups (broad SMARTS) is 1. The van der Waals surface area contributed by atoms with Crippen LogP contribution < -0.4 is 10.6 Å². The van der Waals surface area contributed by atoms with Crippen molar-refractivity contribution >= 4 is 23.8 Å². The molecule has 5 nitrogen and oxygen atoms in total. The highest BCUT2D eigenvalue weighted by molar-refractivity contribution is 7.99. The predicted molar refractivity (Wildman–Crippen MR) is 56.6 cm³/mol. The zero-order valence-corrected chi connectivity index (χ0v) is 9.19. The standard InChI is InChI=1S/C8H16N2O3S/c1-6(14-2)3-4-9-8(13)10-5-7(11)12/h6H,3-5H2,1-2H3,(H,11,12)(H2,9,10,13). The van der Waals surface area contributed by atoms with E-state index >= 15 is 0 Å². The number of carboxylic acids is 1. The fraction of sp³-hybridized carbons (Fsp3) is 0.750. The van der Waals surface area contributed by atoms with Gasteiger partial charge in [0, 0.05) is 11.8 Å². The lowest BCUT2D eigenvalue weighted by Gasteiger charge is -2.09. The molecule has 0 rings (SSSR count). The van der Waals surface area contributed by atoms with Crippen molar-refractivity contribution in [2.75, 3.05) is 19.3 Å². The molecule has 2 amide bonds. The van der Waals surface area contributed by atoms with Crippen molar-refractivity contribution in [2.24, 2.45) is 0 Å². The van der Waals surface area contributed by atoms with Gasteiger partial charge in [0.25, 0.3) is 0 Å². The van der Waals surface area contributed by atoms with Crippen LogP contribution in [0.4, 0.5) is 4.79 Å². The first-order chi connectivity index (χ1) is 6.56. The first-order valence-corrected chi connectivity index (χ1v) is 5.61. The van der Waals surface area contributed by atoms with E-state index in [2.05, 4.69) is 17.6 Å². The quantitative estimate of drug-likeness (QED) is 0.609. The third-order valence-corrected chi connectivity index (χ3v) is 2.68. The summed E-state index contributed by atoms with van der Waals surface area (Å²) in [5.74, 6) is -1.04.